The van der Waals surface area contributed by atoms with Gasteiger partial charge in [-0.2, -0.15) is 0 Å². The largest absolute Gasteiger partial charge is 0.0713 e. The molecule has 4 atom stereocenters. The highest BCUT2D eigenvalue weighted by Crippen LogP contribution is 2.56. The van der Waals surface area contributed by atoms with E-state index in [-0.39, 0.29) is 0 Å². The average Bonchev–Trinajstić information content (AvgIpc) is 2.71. The Balaban J connectivity index is 1.82. The first-order chi connectivity index (χ1) is 6.36. The van der Waals surface area contributed by atoms with Crippen molar-refractivity contribution in [1.82, 2.24) is 0 Å². The Morgan fingerprint density at radius 3 is 1.85 bits per heavy atom. The number of hydrogen-bond acceptors (Lipinski definition) is 0. The Bertz CT molecular complexity index is 181. The SMILES string of the molecule is [B]C1C2CCCC2CC2CCCC21. The van der Waals surface area contributed by atoms with Gasteiger partial charge < -0.3 is 0 Å². The Morgan fingerprint density at radius 1 is 0.769 bits per heavy atom. The Morgan fingerprint density at radius 2 is 1.31 bits per heavy atom. The molecule has 0 aromatic rings. The standard InChI is InChI=1S/C12H19B/c13-12-10-5-1-3-8(10)7-9-4-2-6-11(9)12/h8-12H,1-7H2. The third kappa shape index (κ3) is 1.19. The van der Waals surface area contributed by atoms with E-state index < -0.39 is 0 Å². The van der Waals surface area contributed by atoms with Crippen LogP contribution in [0.1, 0.15) is 44.9 Å². The van der Waals surface area contributed by atoms with Gasteiger partial charge in [0.15, 0.2) is 0 Å². The summed E-state index contributed by atoms with van der Waals surface area (Å²) in [5.41, 5.74) is 0. The normalized spacial score (nSPS) is 54.6. The zero-order valence-electron chi connectivity index (χ0n) is 8.41. The molecule has 0 bridgehead atoms. The van der Waals surface area contributed by atoms with E-state index in [1.807, 2.05) is 0 Å². The van der Waals surface area contributed by atoms with Crippen molar-refractivity contribution in [3.63, 3.8) is 0 Å². The molecule has 4 unspecified atom stereocenters. The smallest absolute Gasteiger partial charge is 0.0707 e. The molecule has 0 aromatic heterocycles. The fourth-order valence-electron chi connectivity index (χ4n) is 4.44. The van der Waals surface area contributed by atoms with Gasteiger partial charge >= 0.3 is 0 Å². The van der Waals surface area contributed by atoms with Gasteiger partial charge in [0.25, 0.3) is 0 Å². The van der Waals surface area contributed by atoms with Crippen molar-refractivity contribution in [2.75, 3.05) is 0 Å². The predicted molar refractivity (Wildman–Crippen MR) is 55.8 cm³/mol. The van der Waals surface area contributed by atoms with Crippen molar-refractivity contribution in [2.45, 2.75) is 50.8 Å². The maximum atomic E-state index is 6.41. The van der Waals surface area contributed by atoms with Crippen LogP contribution in [0.3, 0.4) is 0 Å². The van der Waals surface area contributed by atoms with Crippen molar-refractivity contribution < 1.29 is 0 Å². The van der Waals surface area contributed by atoms with Crippen molar-refractivity contribution in [2.24, 2.45) is 23.7 Å². The average molecular weight is 174 g/mol. The zero-order chi connectivity index (χ0) is 8.84. The second kappa shape index (κ2) is 3.03. The predicted octanol–water partition coefficient (Wildman–Crippen LogP) is 3.18. The summed E-state index contributed by atoms with van der Waals surface area (Å²) in [5, 5.41) is 0. The molecule has 0 amide bonds. The second-order valence-electron chi connectivity index (χ2n) is 5.52. The van der Waals surface area contributed by atoms with Gasteiger partial charge in [0.05, 0.1) is 7.85 Å². The van der Waals surface area contributed by atoms with Crippen LogP contribution in [0, 0.1) is 23.7 Å². The maximum absolute atomic E-state index is 6.41. The fraction of sp³-hybridized carbons (Fsp3) is 1.00. The van der Waals surface area contributed by atoms with Crippen LogP contribution < -0.4 is 0 Å². The van der Waals surface area contributed by atoms with E-state index in [0.29, 0.717) is 5.82 Å². The quantitative estimate of drug-likeness (QED) is 0.494. The lowest BCUT2D eigenvalue weighted by atomic mass is 9.57. The van der Waals surface area contributed by atoms with Crippen molar-refractivity contribution >= 4 is 7.85 Å². The van der Waals surface area contributed by atoms with E-state index >= 15 is 0 Å². The van der Waals surface area contributed by atoms with E-state index in [1.165, 1.54) is 44.9 Å². The van der Waals surface area contributed by atoms with Gasteiger partial charge in [-0.05, 0) is 30.1 Å². The lowest BCUT2D eigenvalue weighted by Crippen LogP contribution is -2.31. The molecule has 0 nitrogen and oxygen atoms in total. The van der Waals surface area contributed by atoms with Gasteiger partial charge in [0.2, 0.25) is 0 Å². The van der Waals surface area contributed by atoms with E-state index in [4.69, 9.17) is 7.85 Å². The molecule has 70 valence electrons. The monoisotopic (exact) mass is 174 g/mol. The van der Waals surface area contributed by atoms with Gasteiger partial charge in [0, 0.05) is 0 Å². The minimum Gasteiger partial charge on any atom is -0.0713 e. The van der Waals surface area contributed by atoms with Crippen LogP contribution >= 0.6 is 0 Å². The highest BCUT2D eigenvalue weighted by atomic mass is 14.5. The van der Waals surface area contributed by atoms with Crippen LogP contribution in [0.4, 0.5) is 0 Å². The number of rotatable bonds is 0. The van der Waals surface area contributed by atoms with E-state index in [2.05, 4.69) is 0 Å². The van der Waals surface area contributed by atoms with Crippen LogP contribution in [0.25, 0.3) is 0 Å². The summed E-state index contributed by atoms with van der Waals surface area (Å²) in [5.74, 6) is 4.45. The number of fused-ring (bicyclic) bond motifs is 2. The zero-order valence-corrected chi connectivity index (χ0v) is 8.41. The van der Waals surface area contributed by atoms with Crippen LogP contribution in [0.5, 0.6) is 0 Å². The van der Waals surface area contributed by atoms with Gasteiger partial charge in [-0.15, -0.1) is 0 Å². The maximum Gasteiger partial charge on any atom is 0.0707 e. The molecule has 2 radical (unpaired) electrons. The Labute approximate surface area is 82.9 Å². The third-order valence-corrected chi connectivity index (χ3v) is 5.03. The summed E-state index contributed by atoms with van der Waals surface area (Å²) in [6, 6.07) is 0. The topological polar surface area (TPSA) is 0 Å². The molecule has 3 rings (SSSR count). The van der Waals surface area contributed by atoms with Crippen LogP contribution in [0.15, 0.2) is 0 Å². The highest BCUT2D eigenvalue weighted by Gasteiger charge is 2.45. The molecule has 3 aliphatic rings. The lowest BCUT2D eigenvalue weighted by Gasteiger charge is -2.41. The summed E-state index contributed by atoms with van der Waals surface area (Å²) in [4.78, 5) is 0. The van der Waals surface area contributed by atoms with Crippen molar-refractivity contribution in [3.8, 4) is 0 Å². The molecule has 0 spiro atoms. The summed E-state index contributed by atoms with van der Waals surface area (Å²) in [7, 11) is 6.41. The highest BCUT2D eigenvalue weighted by molar-refractivity contribution is 6.12. The molecular weight excluding hydrogens is 155 g/mol. The second-order valence-corrected chi connectivity index (χ2v) is 5.52. The summed E-state index contributed by atoms with van der Waals surface area (Å²) < 4.78 is 0. The summed E-state index contributed by atoms with van der Waals surface area (Å²) >= 11 is 0. The van der Waals surface area contributed by atoms with Gasteiger partial charge in [-0.3, -0.25) is 0 Å². The lowest BCUT2D eigenvalue weighted by molar-refractivity contribution is 0.158. The molecule has 3 fully saturated rings. The van der Waals surface area contributed by atoms with Crippen LogP contribution in [-0.4, -0.2) is 7.85 Å². The van der Waals surface area contributed by atoms with Crippen molar-refractivity contribution in [1.29, 1.82) is 0 Å². The molecule has 0 aliphatic heterocycles. The molecule has 13 heavy (non-hydrogen) atoms. The van der Waals surface area contributed by atoms with E-state index in [0.717, 1.165) is 23.7 Å². The molecule has 0 heterocycles. The van der Waals surface area contributed by atoms with Gasteiger partial charge in [-0.25, -0.2) is 0 Å². The van der Waals surface area contributed by atoms with Crippen LogP contribution in [0.2, 0.25) is 5.82 Å². The molecular formula is C12H19B. The van der Waals surface area contributed by atoms with Gasteiger partial charge in [0.1, 0.15) is 0 Å². The summed E-state index contributed by atoms with van der Waals surface area (Å²) in [6.45, 7) is 0. The fourth-order valence-corrected chi connectivity index (χ4v) is 4.44. The number of hydrogen-bond donors (Lipinski definition) is 0. The van der Waals surface area contributed by atoms with E-state index in [9.17, 15) is 0 Å². The van der Waals surface area contributed by atoms with Crippen LogP contribution in [-0.2, 0) is 0 Å². The van der Waals surface area contributed by atoms with Crippen molar-refractivity contribution in [3.05, 3.63) is 0 Å². The molecule has 0 N–H and O–H groups in total. The molecule has 0 saturated heterocycles. The molecule has 3 aliphatic carbocycles. The molecule has 1 heteroatoms. The summed E-state index contributed by atoms with van der Waals surface area (Å²) in [6.07, 6.45) is 10.3. The Hall–Kier alpha value is 0.0649. The molecule has 0 aromatic carbocycles. The first-order valence-corrected chi connectivity index (χ1v) is 6.12. The minimum atomic E-state index is 0.578. The minimum absolute atomic E-state index is 0.578. The van der Waals surface area contributed by atoms with E-state index in [1.54, 1.807) is 0 Å². The van der Waals surface area contributed by atoms with Gasteiger partial charge in [-0.1, -0.05) is 44.3 Å². The Kier molecular flexibility index (Phi) is 1.96. The molecule has 3 saturated carbocycles. The first-order valence-electron chi connectivity index (χ1n) is 6.12. The third-order valence-electron chi connectivity index (χ3n) is 5.03. The first kappa shape index (κ1) is 8.38.